The van der Waals surface area contributed by atoms with Gasteiger partial charge in [-0.05, 0) is 12.1 Å². The summed E-state index contributed by atoms with van der Waals surface area (Å²) in [7, 11) is 0. The summed E-state index contributed by atoms with van der Waals surface area (Å²) >= 11 is 4.76. The molecular weight excluding hydrogens is 373 g/mol. The third-order valence-electron chi connectivity index (χ3n) is 3.41. The van der Waals surface area contributed by atoms with Gasteiger partial charge in [0.1, 0.15) is 16.9 Å². The minimum Gasteiger partial charge on any atom is -0.367 e. The van der Waals surface area contributed by atoms with Crippen molar-refractivity contribution in [1.82, 2.24) is 4.98 Å². The molecule has 1 fully saturated rings. The molecule has 0 spiro atoms. The van der Waals surface area contributed by atoms with E-state index in [-0.39, 0.29) is 11.7 Å². The highest BCUT2D eigenvalue weighted by atomic mass is 79.9. The van der Waals surface area contributed by atoms with Crippen LogP contribution in [0.4, 0.5) is 10.1 Å². The summed E-state index contributed by atoms with van der Waals surface area (Å²) in [4.78, 5) is 17.8. The number of morpholine rings is 1. The molecule has 3 rings (SSSR count). The molecular formula is C14H13BrFN3O2S. The first-order chi connectivity index (χ1) is 10.6. The number of aromatic nitrogens is 1. The Morgan fingerprint density at radius 2 is 2.36 bits per heavy atom. The van der Waals surface area contributed by atoms with Crippen molar-refractivity contribution in [3.63, 3.8) is 0 Å². The fourth-order valence-corrected chi connectivity index (χ4v) is 3.56. The number of hydrogen-bond donors (Lipinski definition) is 1. The van der Waals surface area contributed by atoms with E-state index in [4.69, 9.17) is 10.5 Å². The van der Waals surface area contributed by atoms with Crippen LogP contribution >= 0.6 is 27.3 Å². The third-order valence-corrected chi connectivity index (χ3v) is 4.74. The molecule has 22 heavy (non-hydrogen) atoms. The van der Waals surface area contributed by atoms with Crippen LogP contribution in [0.3, 0.4) is 0 Å². The monoisotopic (exact) mass is 385 g/mol. The van der Waals surface area contributed by atoms with Crippen molar-refractivity contribution >= 4 is 38.9 Å². The number of hydrogen-bond acceptors (Lipinski definition) is 5. The van der Waals surface area contributed by atoms with Crippen LogP contribution in [0, 0.1) is 5.82 Å². The van der Waals surface area contributed by atoms with E-state index in [1.165, 1.54) is 17.4 Å². The summed E-state index contributed by atoms with van der Waals surface area (Å²) in [6.07, 6.45) is 1.52. The van der Waals surface area contributed by atoms with Crippen molar-refractivity contribution in [2.75, 3.05) is 24.6 Å². The normalized spacial score (nSPS) is 18.5. The van der Waals surface area contributed by atoms with Crippen molar-refractivity contribution < 1.29 is 13.9 Å². The molecule has 1 aromatic carbocycles. The maximum absolute atomic E-state index is 14.1. The topological polar surface area (TPSA) is 68.5 Å². The third kappa shape index (κ3) is 2.99. The molecule has 2 heterocycles. The maximum atomic E-state index is 14.1. The highest BCUT2D eigenvalue weighted by Crippen LogP contribution is 2.32. The lowest BCUT2D eigenvalue weighted by Crippen LogP contribution is -2.39. The largest absolute Gasteiger partial charge is 0.367 e. The van der Waals surface area contributed by atoms with Crippen molar-refractivity contribution in [1.29, 1.82) is 0 Å². The summed E-state index contributed by atoms with van der Waals surface area (Å²) in [5, 5.41) is 2.74. The van der Waals surface area contributed by atoms with E-state index in [1.54, 1.807) is 12.3 Å². The van der Waals surface area contributed by atoms with Gasteiger partial charge in [0.15, 0.2) is 0 Å². The van der Waals surface area contributed by atoms with E-state index in [9.17, 15) is 9.18 Å². The second-order valence-corrected chi connectivity index (χ2v) is 6.66. The van der Waals surface area contributed by atoms with Crippen LogP contribution < -0.4 is 10.6 Å². The highest BCUT2D eigenvalue weighted by Gasteiger charge is 2.27. The molecule has 1 aromatic heterocycles. The van der Waals surface area contributed by atoms with Crippen molar-refractivity contribution in [3.8, 4) is 0 Å². The molecule has 116 valence electrons. The van der Waals surface area contributed by atoms with Gasteiger partial charge in [-0.25, -0.2) is 9.37 Å². The second kappa shape index (κ2) is 6.31. The SMILES string of the molecule is NC(=O)c1c(F)cc(Br)cc1N1CCOC(c2nccs2)C1. The van der Waals surface area contributed by atoms with Gasteiger partial charge in [-0.1, -0.05) is 15.9 Å². The van der Waals surface area contributed by atoms with E-state index in [2.05, 4.69) is 20.9 Å². The molecule has 0 aliphatic carbocycles. The minimum absolute atomic E-state index is 0.0945. The zero-order valence-electron chi connectivity index (χ0n) is 11.5. The first kappa shape index (κ1) is 15.4. The molecule has 2 aromatic rings. The number of carbonyl (C=O) groups excluding carboxylic acids is 1. The van der Waals surface area contributed by atoms with Gasteiger partial charge in [-0.2, -0.15) is 0 Å². The quantitative estimate of drug-likeness (QED) is 0.881. The van der Waals surface area contributed by atoms with Gasteiger partial charge in [-0.3, -0.25) is 4.79 Å². The number of carbonyl (C=O) groups is 1. The zero-order valence-corrected chi connectivity index (χ0v) is 13.9. The first-order valence-corrected chi connectivity index (χ1v) is 8.28. The number of nitrogens with two attached hydrogens (primary N) is 1. The van der Waals surface area contributed by atoms with Gasteiger partial charge >= 0.3 is 0 Å². The number of amides is 1. The second-order valence-electron chi connectivity index (χ2n) is 4.82. The zero-order chi connectivity index (χ0) is 15.7. The molecule has 1 aliphatic rings. The highest BCUT2D eigenvalue weighted by molar-refractivity contribution is 9.10. The van der Waals surface area contributed by atoms with Crippen LogP contribution in [0.5, 0.6) is 0 Å². The van der Waals surface area contributed by atoms with Gasteiger partial charge in [-0.15, -0.1) is 11.3 Å². The molecule has 1 aliphatic heterocycles. The maximum Gasteiger partial charge on any atom is 0.253 e. The summed E-state index contributed by atoms with van der Waals surface area (Å²) in [6.45, 7) is 1.51. The summed E-state index contributed by atoms with van der Waals surface area (Å²) in [5.41, 5.74) is 5.72. The molecule has 1 atom stereocenters. The van der Waals surface area contributed by atoms with Crippen molar-refractivity contribution in [2.45, 2.75) is 6.10 Å². The number of halogens is 2. The van der Waals surface area contributed by atoms with E-state index < -0.39 is 11.7 Å². The lowest BCUT2D eigenvalue weighted by atomic mass is 10.1. The van der Waals surface area contributed by atoms with Gasteiger partial charge < -0.3 is 15.4 Å². The summed E-state index contributed by atoms with van der Waals surface area (Å²) in [6, 6.07) is 2.94. The van der Waals surface area contributed by atoms with E-state index >= 15 is 0 Å². The lowest BCUT2D eigenvalue weighted by Gasteiger charge is -2.34. The Bertz CT molecular complexity index is 696. The molecule has 8 heteroatoms. The summed E-state index contributed by atoms with van der Waals surface area (Å²) < 4.78 is 20.4. The average molecular weight is 386 g/mol. The van der Waals surface area contributed by atoms with Crippen LogP contribution in [0.15, 0.2) is 28.2 Å². The Kier molecular flexibility index (Phi) is 4.42. The van der Waals surface area contributed by atoms with Gasteiger partial charge in [0.2, 0.25) is 0 Å². The number of nitrogens with zero attached hydrogens (tertiary/aromatic N) is 2. The lowest BCUT2D eigenvalue weighted by molar-refractivity contribution is 0.0395. The predicted octanol–water partition coefficient (Wildman–Crippen LogP) is 2.72. The average Bonchev–Trinajstić information content (AvgIpc) is 3.00. The standard InChI is InChI=1S/C14H13BrFN3O2S/c15-8-5-9(16)12(13(17)20)10(6-8)19-2-3-21-11(7-19)14-18-1-4-22-14/h1,4-6,11H,2-3,7H2,(H2,17,20). The molecule has 2 N–H and O–H groups in total. The Morgan fingerprint density at radius 1 is 1.55 bits per heavy atom. The van der Waals surface area contributed by atoms with E-state index in [1.807, 2.05) is 10.3 Å². The van der Waals surface area contributed by atoms with Crippen LogP contribution in [0.2, 0.25) is 0 Å². The Balaban J connectivity index is 1.95. The molecule has 0 saturated carbocycles. The fourth-order valence-electron chi connectivity index (χ4n) is 2.46. The minimum atomic E-state index is -0.780. The van der Waals surface area contributed by atoms with Crippen molar-refractivity contribution in [2.24, 2.45) is 5.73 Å². The van der Waals surface area contributed by atoms with Crippen molar-refractivity contribution in [3.05, 3.63) is 44.6 Å². The Hall–Kier alpha value is -1.51. The van der Waals surface area contributed by atoms with Crippen LogP contribution in [-0.2, 0) is 4.74 Å². The number of ether oxygens (including phenoxy) is 1. The first-order valence-electron chi connectivity index (χ1n) is 6.61. The molecule has 1 unspecified atom stereocenters. The number of benzene rings is 1. The van der Waals surface area contributed by atoms with Crippen LogP contribution in [0.1, 0.15) is 21.5 Å². The predicted molar refractivity (Wildman–Crippen MR) is 85.6 cm³/mol. The van der Waals surface area contributed by atoms with E-state index in [0.29, 0.717) is 29.9 Å². The molecule has 0 bridgehead atoms. The number of anilines is 1. The molecule has 1 amide bonds. The Morgan fingerprint density at radius 3 is 3.05 bits per heavy atom. The smallest absolute Gasteiger partial charge is 0.253 e. The fraction of sp³-hybridized carbons (Fsp3) is 0.286. The number of thiazole rings is 1. The number of primary amides is 1. The van der Waals surface area contributed by atoms with Crippen LogP contribution in [-0.4, -0.2) is 30.6 Å². The molecule has 5 nitrogen and oxygen atoms in total. The van der Waals surface area contributed by atoms with E-state index in [0.717, 1.165) is 5.01 Å². The van der Waals surface area contributed by atoms with Gasteiger partial charge in [0.25, 0.3) is 5.91 Å². The molecule has 1 saturated heterocycles. The van der Waals surface area contributed by atoms with Gasteiger partial charge in [0, 0.05) is 22.6 Å². The Labute approximate surface area is 139 Å². The molecule has 0 radical (unpaired) electrons. The van der Waals surface area contributed by atoms with Crippen LogP contribution in [0.25, 0.3) is 0 Å². The summed E-state index contributed by atoms with van der Waals surface area (Å²) in [5.74, 6) is -1.41. The number of rotatable bonds is 3. The van der Waals surface area contributed by atoms with Gasteiger partial charge in [0.05, 0.1) is 24.4 Å².